The number of fused-ring (bicyclic) bond motifs is 1. The van der Waals surface area contributed by atoms with Crippen LogP contribution < -0.4 is 10.1 Å². The predicted molar refractivity (Wildman–Crippen MR) is 164 cm³/mol. The molecular weight excluding hydrogens is 635 g/mol. The Hall–Kier alpha value is -4.64. The van der Waals surface area contributed by atoms with Crippen LogP contribution in [0.15, 0.2) is 91.0 Å². The van der Waals surface area contributed by atoms with Gasteiger partial charge in [-0.25, -0.2) is 4.79 Å². The van der Waals surface area contributed by atoms with E-state index < -0.39 is 17.7 Å². The van der Waals surface area contributed by atoms with E-state index in [0.29, 0.717) is 34.5 Å². The molecule has 8 nitrogen and oxygen atoms in total. The fraction of sp³-hybridized carbons (Fsp3) is 0.0938. The summed E-state index contributed by atoms with van der Waals surface area (Å²) in [4.78, 5) is 37.1. The first-order valence-electron chi connectivity index (χ1n) is 12.7. The van der Waals surface area contributed by atoms with E-state index in [4.69, 9.17) is 4.74 Å². The van der Waals surface area contributed by atoms with Crippen molar-refractivity contribution in [2.45, 2.75) is 13.0 Å². The van der Waals surface area contributed by atoms with Gasteiger partial charge in [-0.2, -0.15) is 0 Å². The number of nitrogens with zero attached hydrogens (tertiary/aromatic N) is 1. The summed E-state index contributed by atoms with van der Waals surface area (Å²) >= 11 is 2.15. The van der Waals surface area contributed by atoms with Crippen LogP contribution in [0.5, 0.6) is 11.5 Å². The van der Waals surface area contributed by atoms with Crippen molar-refractivity contribution in [3.8, 4) is 22.8 Å². The number of amides is 1. The summed E-state index contributed by atoms with van der Waals surface area (Å²) in [6, 6.07) is 26.8. The number of aromatic carboxylic acids is 1. The molecule has 0 radical (unpaired) electrons. The van der Waals surface area contributed by atoms with Gasteiger partial charge in [0.15, 0.2) is 0 Å². The highest BCUT2D eigenvalue weighted by Crippen LogP contribution is 2.37. The second-order valence-corrected chi connectivity index (χ2v) is 10.5. The van der Waals surface area contributed by atoms with Gasteiger partial charge in [0, 0.05) is 40.2 Å². The summed E-state index contributed by atoms with van der Waals surface area (Å²) < 4.78 is 8.48. The molecule has 0 saturated heterocycles. The lowest BCUT2D eigenvalue weighted by molar-refractivity contribution is -0.134. The molecule has 0 saturated carbocycles. The molecule has 5 aromatic rings. The highest BCUT2D eigenvalue weighted by atomic mass is 127. The first-order valence-corrected chi connectivity index (χ1v) is 13.7. The summed E-state index contributed by atoms with van der Waals surface area (Å²) in [5.41, 5.74) is 4.20. The number of aromatic nitrogens is 1. The smallest absolute Gasteiger partial charge is 0.339 e. The van der Waals surface area contributed by atoms with Crippen molar-refractivity contribution >= 4 is 56.8 Å². The van der Waals surface area contributed by atoms with Gasteiger partial charge in [-0.15, -0.1) is 0 Å². The number of hydrogen-bond acceptors (Lipinski definition) is 5. The summed E-state index contributed by atoms with van der Waals surface area (Å²) in [5, 5.41) is 22.9. The molecule has 0 bridgehead atoms. The molecular formula is C32H25IN2O6. The number of hydrogen-bond donors (Lipinski definition) is 3. The Morgan fingerprint density at radius 1 is 0.902 bits per heavy atom. The average Bonchev–Trinajstić information content (AvgIpc) is 3.20. The number of aryl methyl sites for hydroxylation is 1. The number of aromatic hydroxyl groups is 1. The standard InChI is InChI=1S/C32H25IN2O6/c1-35-26-17-27(36)25(32(39)40)16-24(26)29(33)30(35)21-10-5-9-20(13-21)14-28(37)31(38)34-22-11-6-12-23(15-22)41-18-19-7-3-2-4-8-19/h2-13,15-17,36H,14,18H2,1H3,(H,34,38)(H,39,40). The van der Waals surface area contributed by atoms with Crippen LogP contribution in [-0.2, 0) is 29.7 Å². The number of phenols is 1. The normalized spacial score (nSPS) is 10.9. The van der Waals surface area contributed by atoms with Gasteiger partial charge in [0.1, 0.15) is 23.7 Å². The van der Waals surface area contributed by atoms with Gasteiger partial charge in [-0.1, -0.05) is 54.6 Å². The zero-order valence-electron chi connectivity index (χ0n) is 21.9. The van der Waals surface area contributed by atoms with Crippen LogP contribution in [0.25, 0.3) is 22.2 Å². The zero-order valence-corrected chi connectivity index (χ0v) is 24.1. The second kappa shape index (κ2) is 11.8. The molecule has 0 unspecified atom stereocenters. The molecule has 41 heavy (non-hydrogen) atoms. The summed E-state index contributed by atoms with van der Waals surface area (Å²) in [7, 11) is 1.82. The lowest BCUT2D eigenvalue weighted by Crippen LogP contribution is -2.24. The molecule has 0 spiro atoms. The Balaban J connectivity index is 1.30. The van der Waals surface area contributed by atoms with Crippen LogP contribution in [0.3, 0.4) is 0 Å². The number of Topliss-reactive ketones (excluding diaryl/α,β-unsaturated/α-hetero) is 1. The molecule has 1 aromatic heterocycles. The minimum Gasteiger partial charge on any atom is -0.507 e. The van der Waals surface area contributed by atoms with Crippen molar-refractivity contribution in [2.24, 2.45) is 7.05 Å². The highest BCUT2D eigenvalue weighted by molar-refractivity contribution is 14.1. The SMILES string of the molecule is Cn1c(-c2cccc(CC(=O)C(=O)Nc3cccc(OCc4ccccc4)c3)c2)c(I)c2cc(C(=O)O)c(O)cc21. The van der Waals surface area contributed by atoms with E-state index in [1.165, 1.54) is 12.1 Å². The Labute approximate surface area is 249 Å². The number of carbonyl (C=O) groups excluding carboxylic acids is 2. The predicted octanol–water partition coefficient (Wildman–Crippen LogP) is 6.18. The maximum Gasteiger partial charge on any atom is 0.339 e. The summed E-state index contributed by atoms with van der Waals surface area (Å²) in [6.07, 6.45) is -0.103. The zero-order chi connectivity index (χ0) is 29.1. The molecule has 9 heteroatoms. The van der Waals surface area contributed by atoms with E-state index in [1.807, 2.05) is 54.1 Å². The van der Waals surface area contributed by atoms with Crippen molar-refractivity contribution in [1.82, 2.24) is 4.57 Å². The van der Waals surface area contributed by atoms with Crippen molar-refractivity contribution < 1.29 is 29.3 Å². The van der Waals surface area contributed by atoms with Crippen LogP contribution in [-0.4, -0.2) is 32.4 Å². The maximum atomic E-state index is 12.8. The van der Waals surface area contributed by atoms with E-state index >= 15 is 0 Å². The van der Waals surface area contributed by atoms with Gasteiger partial charge in [0.25, 0.3) is 5.91 Å². The van der Waals surface area contributed by atoms with Crippen LogP contribution in [0.1, 0.15) is 21.5 Å². The highest BCUT2D eigenvalue weighted by Gasteiger charge is 2.21. The Bertz CT molecular complexity index is 1800. The fourth-order valence-corrected chi connectivity index (χ4v) is 5.72. The number of ketones is 1. The van der Waals surface area contributed by atoms with Gasteiger partial charge in [-0.05, 0) is 63.5 Å². The van der Waals surface area contributed by atoms with Crippen molar-refractivity contribution in [3.05, 3.63) is 111 Å². The molecule has 0 fully saturated rings. The Morgan fingerprint density at radius 2 is 1.63 bits per heavy atom. The molecule has 4 aromatic carbocycles. The molecule has 0 aliphatic carbocycles. The number of carbonyl (C=O) groups is 3. The number of carboxylic acids is 1. The van der Waals surface area contributed by atoms with Gasteiger partial charge < -0.3 is 24.8 Å². The monoisotopic (exact) mass is 660 g/mol. The van der Waals surface area contributed by atoms with Gasteiger partial charge >= 0.3 is 5.97 Å². The van der Waals surface area contributed by atoms with Crippen molar-refractivity contribution in [2.75, 3.05) is 5.32 Å². The lowest BCUT2D eigenvalue weighted by Gasteiger charge is -2.10. The first-order chi connectivity index (χ1) is 19.7. The number of anilines is 1. The third-order valence-electron chi connectivity index (χ3n) is 6.64. The largest absolute Gasteiger partial charge is 0.507 e. The molecule has 1 heterocycles. The number of nitrogens with one attached hydrogen (secondary N) is 1. The quantitative estimate of drug-likeness (QED) is 0.128. The third kappa shape index (κ3) is 6.09. The van der Waals surface area contributed by atoms with Gasteiger partial charge in [0.05, 0.1) is 11.2 Å². The number of ether oxygens (including phenoxy) is 1. The average molecular weight is 660 g/mol. The van der Waals surface area contributed by atoms with Crippen LogP contribution in [0.2, 0.25) is 0 Å². The first kappa shape index (κ1) is 27.9. The lowest BCUT2D eigenvalue weighted by atomic mass is 10.0. The molecule has 0 aliphatic heterocycles. The van der Waals surface area contributed by atoms with Crippen molar-refractivity contribution in [1.29, 1.82) is 0 Å². The summed E-state index contributed by atoms with van der Waals surface area (Å²) in [6.45, 7) is 0.380. The van der Waals surface area contributed by atoms with Crippen LogP contribution in [0.4, 0.5) is 5.69 Å². The number of rotatable bonds is 9. The van der Waals surface area contributed by atoms with E-state index in [0.717, 1.165) is 20.4 Å². The number of halogens is 1. The molecule has 206 valence electrons. The van der Waals surface area contributed by atoms with E-state index in [-0.39, 0.29) is 17.7 Å². The van der Waals surface area contributed by atoms with Crippen LogP contribution in [0, 0.1) is 3.57 Å². The van der Waals surface area contributed by atoms with E-state index in [2.05, 4.69) is 27.9 Å². The number of carboxylic acid groups (broad SMARTS) is 1. The molecule has 1 amide bonds. The Kier molecular flexibility index (Phi) is 8.06. The topological polar surface area (TPSA) is 118 Å². The molecule has 0 aliphatic rings. The fourth-order valence-electron chi connectivity index (χ4n) is 4.62. The molecule has 3 N–H and O–H groups in total. The second-order valence-electron chi connectivity index (χ2n) is 9.47. The van der Waals surface area contributed by atoms with E-state index in [9.17, 15) is 24.6 Å². The summed E-state index contributed by atoms with van der Waals surface area (Å²) in [5.74, 6) is -2.28. The molecule has 0 atom stereocenters. The number of benzene rings is 4. The van der Waals surface area contributed by atoms with E-state index in [1.54, 1.807) is 36.4 Å². The van der Waals surface area contributed by atoms with Crippen LogP contribution >= 0.6 is 22.6 Å². The van der Waals surface area contributed by atoms with Crippen molar-refractivity contribution in [3.63, 3.8) is 0 Å². The van der Waals surface area contributed by atoms with Gasteiger partial charge in [-0.3, -0.25) is 9.59 Å². The third-order valence-corrected chi connectivity index (χ3v) is 7.74. The minimum absolute atomic E-state index is 0.103. The Morgan fingerprint density at radius 3 is 2.39 bits per heavy atom. The van der Waals surface area contributed by atoms with Gasteiger partial charge in [0.2, 0.25) is 5.78 Å². The minimum atomic E-state index is -1.21. The maximum absolute atomic E-state index is 12.8. The molecule has 5 rings (SSSR count).